The summed E-state index contributed by atoms with van der Waals surface area (Å²) < 4.78 is 5.21. The van der Waals surface area contributed by atoms with E-state index in [-0.39, 0.29) is 0 Å². The zero-order valence-electron chi connectivity index (χ0n) is 10.5. The average molecular weight is 267 g/mol. The highest BCUT2D eigenvalue weighted by Crippen LogP contribution is 2.20. The molecule has 0 aliphatic rings. The first-order chi connectivity index (χ1) is 9.35. The molecule has 0 aliphatic heterocycles. The highest BCUT2D eigenvalue weighted by atomic mass is 32.1. The van der Waals surface area contributed by atoms with Crippen LogP contribution in [0.3, 0.4) is 0 Å². The maximum Gasteiger partial charge on any atom is 0.119 e. The van der Waals surface area contributed by atoms with E-state index in [1.54, 1.807) is 18.4 Å². The molecule has 3 aromatic rings. The first-order valence-corrected chi connectivity index (χ1v) is 6.94. The Morgan fingerprint density at radius 1 is 1.11 bits per heavy atom. The van der Waals surface area contributed by atoms with Crippen molar-refractivity contribution in [3.05, 3.63) is 58.4 Å². The number of fused-ring (bicyclic) bond motifs is 1. The number of nitrogens with zero attached hydrogens (tertiary/aromatic N) is 1. The van der Waals surface area contributed by atoms with Crippen LogP contribution in [0.15, 0.2) is 47.2 Å². The Morgan fingerprint density at radius 2 is 2.05 bits per heavy atom. The molecule has 3 rings (SSSR count). The smallest absolute Gasteiger partial charge is 0.119 e. The minimum atomic E-state index is 0.857. The van der Waals surface area contributed by atoms with Crippen LogP contribution >= 0.6 is 11.3 Å². The maximum atomic E-state index is 5.21. The van der Waals surface area contributed by atoms with Gasteiger partial charge in [-0.2, -0.15) is 11.3 Å². The van der Waals surface area contributed by atoms with Crippen LogP contribution in [-0.4, -0.2) is 12.1 Å². The predicted molar refractivity (Wildman–Crippen MR) is 81.5 cm³/mol. The van der Waals surface area contributed by atoms with Crippen molar-refractivity contribution in [3.63, 3.8) is 0 Å². The largest absolute Gasteiger partial charge is 0.497 e. The monoisotopic (exact) mass is 267 g/mol. The molecule has 0 fully saturated rings. The molecule has 3 heteroatoms. The van der Waals surface area contributed by atoms with Crippen LogP contribution < -0.4 is 4.74 Å². The molecule has 2 aromatic heterocycles. The van der Waals surface area contributed by atoms with Crippen molar-refractivity contribution < 1.29 is 4.74 Å². The van der Waals surface area contributed by atoms with Gasteiger partial charge in [0.25, 0.3) is 0 Å². The van der Waals surface area contributed by atoms with Crippen molar-refractivity contribution in [2.24, 2.45) is 0 Å². The van der Waals surface area contributed by atoms with Crippen LogP contribution in [0.2, 0.25) is 0 Å². The molecule has 19 heavy (non-hydrogen) atoms. The third-order valence-electron chi connectivity index (χ3n) is 2.91. The topological polar surface area (TPSA) is 22.1 Å². The Hall–Kier alpha value is -2.13. The minimum absolute atomic E-state index is 0.857. The van der Waals surface area contributed by atoms with E-state index in [9.17, 15) is 0 Å². The molecule has 1 aromatic carbocycles. The maximum absolute atomic E-state index is 5.21. The van der Waals surface area contributed by atoms with Crippen LogP contribution in [0.25, 0.3) is 23.1 Å². The standard InChI is InChI=1S/C16H13NOS/c1-18-15-6-7-16-13(10-15)3-5-14(17-16)4-2-12-8-9-19-11-12/h2-11H,1H3/b4-2+. The van der Waals surface area contributed by atoms with Gasteiger partial charge in [0.2, 0.25) is 0 Å². The van der Waals surface area contributed by atoms with Gasteiger partial charge in [0, 0.05) is 5.39 Å². The van der Waals surface area contributed by atoms with E-state index < -0.39 is 0 Å². The van der Waals surface area contributed by atoms with Gasteiger partial charge in [-0.1, -0.05) is 12.1 Å². The van der Waals surface area contributed by atoms with E-state index in [2.05, 4.69) is 34.0 Å². The second kappa shape index (κ2) is 5.24. The molecule has 94 valence electrons. The van der Waals surface area contributed by atoms with E-state index in [0.717, 1.165) is 22.3 Å². The summed E-state index contributed by atoms with van der Waals surface area (Å²) in [6, 6.07) is 12.1. The number of hydrogen-bond acceptors (Lipinski definition) is 3. The second-order valence-corrected chi connectivity index (χ2v) is 4.96. The van der Waals surface area contributed by atoms with Crippen molar-refractivity contribution in [1.29, 1.82) is 0 Å². The van der Waals surface area contributed by atoms with Gasteiger partial charge >= 0.3 is 0 Å². The molecule has 0 bridgehead atoms. The van der Waals surface area contributed by atoms with E-state index >= 15 is 0 Å². The van der Waals surface area contributed by atoms with Crippen molar-refractivity contribution >= 4 is 34.4 Å². The fraction of sp³-hybridized carbons (Fsp3) is 0.0625. The summed E-state index contributed by atoms with van der Waals surface area (Å²) in [6.45, 7) is 0. The molecule has 0 radical (unpaired) electrons. The normalized spacial score (nSPS) is 11.2. The molecule has 0 saturated heterocycles. The molecule has 0 aliphatic carbocycles. The van der Waals surface area contributed by atoms with Gasteiger partial charge in [-0.15, -0.1) is 0 Å². The SMILES string of the molecule is COc1ccc2nc(/C=C/c3ccsc3)ccc2c1. The number of thiophene rings is 1. The summed E-state index contributed by atoms with van der Waals surface area (Å²) in [4.78, 5) is 4.61. The molecule has 0 atom stereocenters. The zero-order valence-corrected chi connectivity index (χ0v) is 11.4. The number of rotatable bonds is 3. The summed E-state index contributed by atoms with van der Waals surface area (Å²) in [6.07, 6.45) is 4.11. The summed E-state index contributed by atoms with van der Waals surface area (Å²) >= 11 is 1.70. The minimum Gasteiger partial charge on any atom is -0.497 e. The number of aromatic nitrogens is 1. The fourth-order valence-corrected chi connectivity index (χ4v) is 2.52. The first kappa shape index (κ1) is 11.9. The quantitative estimate of drug-likeness (QED) is 0.698. The Bertz CT molecular complexity index is 717. The fourth-order valence-electron chi connectivity index (χ4n) is 1.89. The van der Waals surface area contributed by atoms with E-state index in [0.29, 0.717) is 0 Å². The molecule has 0 amide bonds. The Labute approximate surface area is 116 Å². The van der Waals surface area contributed by atoms with E-state index in [1.807, 2.05) is 30.3 Å². The highest BCUT2D eigenvalue weighted by Gasteiger charge is 1.98. The van der Waals surface area contributed by atoms with Crippen LogP contribution in [0.5, 0.6) is 5.75 Å². The molecular weight excluding hydrogens is 254 g/mol. The number of methoxy groups -OCH3 is 1. The van der Waals surface area contributed by atoms with E-state index in [4.69, 9.17) is 4.74 Å². The summed E-state index contributed by atoms with van der Waals surface area (Å²) in [5.74, 6) is 0.857. The van der Waals surface area contributed by atoms with Gasteiger partial charge in [0.1, 0.15) is 5.75 Å². The molecular formula is C16H13NOS. The van der Waals surface area contributed by atoms with Crippen LogP contribution in [0.4, 0.5) is 0 Å². The van der Waals surface area contributed by atoms with Gasteiger partial charge in [0.15, 0.2) is 0 Å². The number of hydrogen-bond donors (Lipinski definition) is 0. The lowest BCUT2D eigenvalue weighted by Gasteiger charge is -2.02. The van der Waals surface area contributed by atoms with Crippen molar-refractivity contribution in [2.75, 3.05) is 7.11 Å². The molecule has 0 spiro atoms. The van der Waals surface area contributed by atoms with Crippen molar-refractivity contribution in [3.8, 4) is 5.75 Å². The third-order valence-corrected chi connectivity index (χ3v) is 3.61. The molecule has 2 nitrogen and oxygen atoms in total. The van der Waals surface area contributed by atoms with Crippen LogP contribution in [-0.2, 0) is 0 Å². The van der Waals surface area contributed by atoms with Gasteiger partial charge in [0.05, 0.1) is 18.3 Å². The lowest BCUT2D eigenvalue weighted by molar-refractivity contribution is 0.415. The Balaban J connectivity index is 1.93. The third kappa shape index (κ3) is 2.66. The Morgan fingerprint density at radius 3 is 2.84 bits per heavy atom. The van der Waals surface area contributed by atoms with Gasteiger partial charge in [-0.05, 0) is 52.7 Å². The van der Waals surface area contributed by atoms with Gasteiger partial charge in [-0.3, -0.25) is 0 Å². The van der Waals surface area contributed by atoms with Crippen LogP contribution in [0, 0.1) is 0 Å². The first-order valence-electron chi connectivity index (χ1n) is 6.00. The second-order valence-electron chi connectivity index (χ2n) is 4.18. The van der Waals surface area contributed by atoms with Crippen molar-refractivity contribution in [2.45, 2.75) is 0 Å². The molecule has 0 unspecified atom stereocenters. The summed E-state index contributed by atoms with van der Waals surface area (Å²) in [5.41, 5.74) is 3.15. The van der Waals surface area contributed by atoms with Gasteiger partial charge in [-0.25, -0.2) is 4.98 Å². The number of benzene rings is 1. The van der Waals surface area contributed by atoms with E-state index in [1.165, 1.54) is 5.56 Å². The predicted octanol–water partition coefficient (Wildman–Crippen LogP) is 4.48. The lowest BCUT2D eigenvalue weighted by atomic mass is 10.2. The van der Waals surface area contributed by atoms with Crippen molar-refractivity contribution in [1.82, 2.24) is 4.98 Å². The molecule has 2 heterocycles. The highest BCUT2D eigenvalue weighted by molar-refractivity contribution is 7.08. The molecule has 0 N–H and O–H groups in total. The average Bonchev–Trinajstić information content (AvgIpc) is 2.97. The summed E-state index contributed by atoms with van der Waals surface area (Å²) in [7, 11) is 1.67. The van der Waals surface area contributed by atoms with Crippen LogP contribution in [0.1, 0.15) is 11.3 Å². The zero-order chi connectivity index (χ0) is 13.1. The number of ether oxygens (including phenoxy) is 1. The Kier molecular flexibility index (Phi) is 3.29. The van der Waals surface area contributed by atoms with Gasteiger partial charge < -0.3 is 4.74 Å². The summed E-state index contributed by atoms with van der Waals surface area (Å²) in [5, 5.41) is 5.27. The molecule has 0 saturated carbocycles. The lowest BCUT2D eigenvalue weighted by Crippen LogP contribution is -1.86. The number of pyridine rings is 1.